The molecule has 19 heavy (non-hydrogen) atoms. The zero-order valence-electron chi connectivity index (χ0n) is 13.0. The van der Waals surface area contributed by atoms with Gasteiger partial charge >= 0.3 is 0 Å². The highest BCUT2D eigenvalue weighted by Gasteiger charge is 2.27. The van der Waals surface area contributed by atoms with Gasteiger partial charge in [-0.1, -0.05) is 19.8 Å². The molecule has 0 radical (unpaired) electrons. The molecule has 3 nitrogen and oxygen atoms in total. The van der Waals surface area contributed by atoms with E-state index in [4.69, 9.17) is 0 Å². The van der Waals surface area contributed by atoms with Crippen molar-refractivity contribution in [1.29, 1.82) is 0 Å². The molecular weight excluding hydrogens is 258 g/mol. The van der Waals surface area contributed by atoms with E-state index < -0.39 is 9.84 Å². The maximum atomic E-state index is 11.5. The molecule has 1 fully saturated rings. The fourth-order valence-corrected chi connectivity index (χ4v) is 3.80. The Morgan fingerprint density at radius 2 is 1.79 bits per heavy atom. The number of hydrogen-bond donors (Lipinski definition) is 1. The molecule has 1 aliphatic rings. The number of hydrogen-bond acceptors (Lipinski definition) is 3. The largest absolute Gasteiger partial charge is 0.312 e. The van der Waals surface area contributed by atoms with Gasteiger partial charge in [-0.2, -0.15) is 0 Å². The normalized spacial score (nSPS) is 24.8. The summed E-state index contributed by atoms with van der Waals surface area (Å²) >= 11 is 0. The highest BCUT2D eigenvalue weighted by atomic mass is 32.2. The van der Waals surface area contributed by atoms with Crippen molar-refractivity contribution in [2.24, 2.45) is 11.8 Å². The second-order valence-corrected chi connectivity index (χ2v) is 9.43. The van der Waals surface area contributed by atoms with Gasteiger partial charge in [-0.05, 0) is 58.4 Å². The first kappa shape index (κ1) is 17.0. The molecule has 0 aromatic heterocycles. The topological polar surface area (TPSA) is 46.2 Å². The van der Waals surface area contributed by atoms with E-state index in [1.54, 1.807) is 6.92 Å². The summed E-state index contributed by atoms with van der Waals surface area (Å²) in [5.41, 5.74) is 0.179. The summed E-state index contributed by atoms with van der Waals surface area (Å²) < 4.78 is 23.0. The van der Waals surface area contributed by atoms with Crippen LogP contribution in [0.5, 0.6) is 0 Å². The minimum atomic E-state index is -2.78. The first-order valence-electron chi connectivity index (χ1n) is 7.69. The predicted molar refractivity (Wildman–Crippen MR) is 82.1 cm³/mol. The SMILES string of the molecule is CCS(=O)(=O)CCCC1CCCC1CNC(C)(C)C. The smallest absolute Gasteiger partial charge is 0.150 e. The lowest BCUT2D eigenvalue weighted by molar-refractivity contribution is 0.306. The van der Waals surface area contributed by atoms with Crippen molar-refractivity contribution in [2.75, 3.05) is 18.1 Å². The van der Waals surface area contributed by atoms with Crippen LogP contribution < -0.4 is 5.32 Å². The summed E-state index contributed by atoms with van der Waals surface area (Å²) in [6.45, 7) is 9.41. The van der Waals surface area contributed by atoms with Crippen LogP contribution in [-0.4, -0.2) is 32.0 Å². The molecule has 114 valence electrons. The minimum Gasteiger partial charge on any atom is -0.312 e. The Hall–Kier alpha value is -0.0900. The Morgan fingerprint density at radius 3 is 2.37 bits per heavy atom. The van der Waals surface area contributed by atoms with Gasteiger partial charge in [-0.15, -0.1) is 0 Å². The van der Waals surface area contributed by atoms with Gasteiger partial charge in [-0.25, -0.2) is 8.42 Å². The molecule has 1 saturated carbocycles. The third-order valence-corrected chi connectivity index (χ3v) is 5.97. The van der Waals surface area contributed by atoms with Crippen molar-refractivity contribution in [3.8, 4) is 0 Å². The monoisotopic (exact) mass is 289 g/mol. The molecule has 4 heteroatoms. The zero-order chi connectivity index (χ0) is 14.5. The van der Waals surface area contributed by atoms with Gasteiger partial charge in [0.25, 0.3) is 0 Å². The quantitative estimate of drug-likeness (QED) is 0.783. The Balaban J connectivity index is 2.32. The van der Waals surface area contributed by atoms with Crippen LogP contribution in [0.1, 0.15) is 59.8 Å². The maximum Gasteiger partial charge on any atom is 0.150 e. The van der Waals surface area contributed by atoms with Gasteiger partial charge in [0, 0.05) is 11.3 Å². The molecule has 0 bridgehead atoms. The molecule has 0 spiro atoms. The average molecular weight is 289 g/mol. The second-order valence-electron chi connectivity index (χ2n) is 6.96. The van der Waals surface area contributed by atoms with E-state index in [1.807, 2.05) is 0 Å². The van der Waals surface area contributed by atoms with Crippen LogP contribution in [0.4, 0.5) is 0 Å². The van der Waals surface area contributed by atoms with Gasteiger partial charge in [0.05, 0.1) is 5.75 Å². The molecule has 0 saturated heterocycles. The highest BCUT2D eigenvalue weighted by Crippen LogP contribution is 2.34. The van der Waals surface area contributed by atoms with Crippen molar-refractivity contribution in [2.45, 2.75) is 65.3 Å². The van der Waals surface area contributed by atoms with Crippen molar-refractivity contribution in [3.05, 3.63) is 0 Å². The fourth-order valence-electron chi connectivity index (χ4n) is 2.91. The summed E-state index contributed by atoms with van der Waals surface area (Å²) in [4.78, 5) is 0. The van der Waals surface area contributed by atoms with Gasteiger partial charge in [0.2, 0.25) is 0 Å². The van der Waals surface area contributed by atoms with Crippen molar-refractivity contribution >= 4 is 9.84 Å². The lowest BCUT2D eigenvalue weighted by Gasteiger charge is -2.26. The molecule has 1 aliphatic carbocycles. The minimum absolute atomic E-state index is 0.179. The average Bonchev–Trinajstić information content (AvgIpc) is 2.73. The molecule has 0 aromatic carbocycles. The molecule has 0 amide bonds. The van der Waals surface area contributed by atoms with Gasteiger partial charge in [0.15, 0.2) is 0 Å². The molecule has 1 N–H and O–H groups in total. The van der Waals surface area contributed by atoms with Crippen LogP contribution in [0.25, 0.3) is 0 Å². The molecule has 2 unspecified atom stereocenters. The second kappa shape index (κ2) is 7.07. The third-order valence-electron chi connectivity index (χ3n) is 4.18. The van der Waals surface area contributed by atoms with E-state index in [-0.39, 0.29) is 11.3 Å². The predicted octanol–water partition coefficient (Wildman–Crippen LogP) is 3.01. The van der Waals surface area contributed by atoms with Crippen LogP contribution in [0.2, 0.25) is 0 Å². The van der Waals surface area contributed by atoms with E-state index >= 15 is 0 Å². The lowest BCUT2D eigenvalue weighted by atomic mass is 9.91. The van der Waals surface area contributed by atoms with Crippen LogP contribution in [0, 0.1) is 11.8 Å². The highest BCUT2D eigenvalue weighted by molar-refractivity contribution is 7.91. The first-order chi connectivity index (χ1) is 8.73. The summed E-state index contributed by atoms with van der Waals surface area (Å²) in [6.07, 6.45) is 5.81. The Labute approximate surface area is 119 Å². The van der Waals surface area contributed by atoms with Crippen LogP contribution in [0.15, 0.2) is 0 Å². The molecular formula is C15H31NO2S. The van der Waals surface area contributed by atoms with Gasteiger partial charge in [0.1, 0.15) is 9.84 Å². The molecule has 0 aliphatic heterocycles. The lowest BCUT2D eigenvalue weighted by Crippen LogP contribution is -2.39. The van der Waals surface area contributed by atoms with Gasteiger partial charge in [-0.3, -0.25) is 0 Å². The number of rotatable bonds is 7. The summed E-state index contributed by atoms with van der Waals surface area (Å²) in [5, 5.41) is 3.59. The molecule has 0 aromatic rings. The van der Waals surface area contributed by atoms with Gasteiger partial charge < -0.3 is 5.32 Å². The van der Waals surface area contributed by atoms with E-state index in [0.717, 1.165) is 31.2 Å². The van der Waals surface area contributed by atoms with Crippen LogP contribution in [0.3, 0.4) is 0 Å². The summed E-state index contributed by atoms with van der Waals surface area (Å²) in [6, 6.07) is 0. The number of nitrogens with one attached hydrogen (secondary N) is 1. The Kier molecular flexibility index (Phi) is 6.31. The Morgan fingerprint density at radius 1 is 1.16 bits per heavy atom. The summed E-state index contributed by atoms with van der Waals surface area (Å²) in [5.74, 6) is 2.12. The molecule has 2 atom stereocenters. The Bertz CT molecular complexity index is 357. The van der Waals surface area contributed by atoms with Crippen LogP contribution in [-0.2, 0) is 9.84 Å². The molecule has 1 rings (SSSR count). The van der Waals surface area contributed by atoms with Crippen molar-refractivity contribution in [1.82, 2.24) is 5.32 Å². The van der Waals surface area contributed by atoms with E-state index in [9.17, 15) is 8.42 Å². The molecule has 0 heterocycles. The summed E-state index contributed by atoms with van der Waals surface area (Å²) in [7, 11) is -2.78. The van der Waals surface area contributed by atoms with E-state index in [2.05, 4.69) is 26.1 Å². The fraction of sp³-hybridized carbons (Fsp3) is 1.00. The van der Waals surface area contributed by atoms with Crippen LogP contribution >= 0.6 is 0 Å². The first-order valence-corrected chi connectivity index (χ1v) is 9.51. The number of sulfone groups is 1. The standard InChI is InChI=1S/C15H31NO2S/c1-5-19(17,18)11-7-10-13-8-6-9-14(13)12-16-15(2,3)4/h13-14,16H,5-12H2,1-4H3. The zero-order valence-corrected chi connectivity index (χ0v) is 13.9. The third kappa shape index (κ3) is 6.75. The van der Waals surface area contributed by atoms with E-state index in [1.165, 1.54) is 19.3 Å². The maximum absolute atomic E-state index is 11.5. The van der Waals surface area contributed by atoms with E-state index in [0.29, 0.717) is 5.75 Å². The van der Waals surface area contributed by atoms with Crippen molar-refractivity contribution < 1.29 is 8.42 Å². The van der Waals surface area contributed by atoms with Crippen molar-refractivity contribution in [3.63, 3.8) is 0 Å².